The lowest BCUT2D eigenvalue weighted by molar-refractivity contribution is 0.498. The van der Waals surface area contributed by atoms with Crippen LogP contribution in [0, 0.1) is 0 Å². The quantitative estimate of drug-likeness (QED) is 0.161. The van der Waals surface area contributed by atoms with Crippen LogP contribution in [0.25, 0.3) is 0 Å². The highest BCUT2D eigenvalue weighted by atomic mass is 15.3. The zero-order valence-electron chi connectivity index (χ0n) is 9.52. The Morgan fingerprint density at radius 3 is 1.87 bits per heavy atom. The van der Waals surface area contributed by atoms with Gasteiger partial charge in [-0.15, -0.1) is 0 Å². The van der Waals surface area contributed by atoms with Crippen LogP contribution in [-0.2, 0) is 0 Å². The average molecular weight is 218 g/mol. The Morgan fingerprint density at radius 1 is 0.600 bits per heavy atom. The first-order valence-corrected chi connectivity index (χ1v) is 5.69. The number of hydrazine groups is 1. The smallest absolute Gasteiger partial charge is 0.0225 e. The highest BCUT2D eigenvalue weighted by Gasteiger charge is 1.88. The lowest BCUT2D eigenvalue weighted by Gasteiger charge is -2.07. The molecule has 0 fully saturated rings. The van der Waals surface area contributed by atoms with Crippen LogP contribution in [0.4, 0.5) is 0 Å². The van der Waals surface area contributed by atoms with Gasteiger partial charge < -0.3 is 22.1 Å². The van der Waals surface area contributed by atoms with Gasteiger partial charge in [0.15, 0.2) is 0 Å². The van der Waals surface area contributed by atoms with Gasteiger partial charge in [0.1, 0.15) is 0 Å². The van der Waals surface area contributed by atoms with Crippen molar-refractivity contribution in [3.63, 3.8) is 0 Å². The van der Waals surface area contributed by atoms with Crippen LogP contribution < -0.4 is 33.0 Å². The van der Waals surface area contributed by atoms with E-state index in [9.17, 15) is 0 Å². The van der Waals surface area contributed by atoms with Crippen LogP contribution in [0.15, 0.2) is 0 Å². The van der Waals surface area contributed by atoms with E-state index in [4.69, 9.17) is 11.5 Å². The molecule has 0 amide bonds. The number of hydrogen-bond donors (Lipinski definition) is 6. The van der Waals surface area contributed by atoms with Gasteiger partial charge in [0.2, 0.25) is 0 Å². The fourth-order valence-electron chi connectivity index (χ4n) is 1.08. The Kier molecular flexibility index (Phi) is 13.5. The van der Waals surface area contributed by atoms with Crippen molar-refractivity contribution in [1.29, 1.82) is 0 Å². The third-order valence-corrected chi connectivity index (χ3v) is 1.85. The Hall–Kier alpha value is -0.240. The van der Waals surface area contributed by atoms with Crippen LogP contribution in [-0.4, -0.2) is 52.4 Å². The van der Waals surface area contributed by atoms with Gasteiger partial charge >= 0.3 is 0 Å². The molecular weight excluding hydrogens is 192 g/mol. The summed E-state index contributed by atoms with van der Waals surface area (Å²) in [7, 11) is 0. The summed E-state index contributed by atoms with van der Waals surface area (Å²) in [5, 5.41) is 6.43. The number of hydrogen-bond acceptors (Lipinski definition) is 6. The first-order chi connectivity index (χ1) is 7.41. The fourth-order valence-corrected chi connectivity index (χ4v) is 1.08. The topological polar surface area (TPSA) is 100 Å². The monoisotopic (exact) mass is 218 g/mol. The largest absolute Gasteiger partial charge is 0.329 e. The zero-order chi connectivity index (χ0) is 11.2. The lowest BCUT2D eigenvalue weighted by Crippen LogP contribution is -2.39. The van der Waals surface area contributed by atoms with E-state index in [0.29, 0.717) is 13.1 Å². The van der Waals surface area contributed by atoms with E-state index in [1.807, 2.05) is 0 Å². The van der Waals surface area contributed by atoms with Gasteiger partial charge in [0.05, 0.1) is 0 Å². The summed E-state index contributed by atoms with van der Waals surface area (Å²) < 4.78 is 0. The van der Waals surface area contributed by atoms with Crippen molar-refractivity contribution in [1.82, 2.24) is 21.5 Å². The average Bonchev–Trinajstić information content (AvgIpc) is 2.26. The van der Waals surface area contributed by atoms with E-state index in [1.54, 1.807) is 0 Å². The Balaban J connectivity index is 2.81. The molecule has 92 valence electrons. The maximum atomic E-state index is 5.34. The molecule has 0 rings (SSSR count). The molecule has 0 spiro atoms. The summed E-state index contributed by atoms with van der Waals surface area (Å²) in [5.41, 5.74) is 17.0. The molecule has 0 bridgehead atoms. The van der Waals surface area contributed by atoms with Crippen LogP contribution in [0.3, 0.4) is 0 Å². The molecule has 0 saturated heterocycles. The van der Waals surface area contributed by atoms with Crippen molar-refractivity contribution in [2.24, 2.45) is 11.5 Å². The summed E-state index contributed by atoms with van der Waals surface area (Å²) in [5.74, 6) is 0. The summed E-state index contributed by atoms with van der Waals surface area (Å²) in [6.45, 7) is 7.01. The van der Waals surface area contributed by atoms with Crippen molar-refractivity contribution < 1.29 is 0 Å². The third kappa shape index (κ3) is 13.8. The molecule has 0 aromatic carbocycles. The third-order valence-electron chi connectivity index (χ3n) is 1.85. The molecule has 0 aromatic rings. The standard InChI is InChI=1S/C9H26N6/c10-2-6-12-4-1-5-14-15-9-8-13-7-3-11/h12-15H,1-11H2. The van der Waals surface area contributed by atoms with Gasteiger partial charge in [-0.25, -0.2) is 0 Å². The molecule has 0 aliphatic carbocycles. The molecule has 6 nitrogen and oxygen atoms in total. The van der Waals surface area contributed by atoms with Crippen molar-refractivity contribution in [3.8, 4) is 0 Å². The molecular formula is C9H26N6. The van der Waals surface area contributed by atoms with Gasteiger partial charge in [-0.05, 0) is 13.0 Å². The fraction of sp³-hybridized carbons (Fsp3) is 1.00. The van der Waals surface area contributed by atoms with Gasteiger partial charge in [0, 0.05) is 45.8 Å². The molecule has 0 heterocycles. The van der Waals surface area contributed by atoms with Crippen molar-refractivity contribution in [3.05, 3.63) is 0 Å². The second kappa shape index (κ2) is 13.8. The highest BCUT2D eigenvalue weighted by molar-refractivity contribution is 4.52. The van der Waals surface area contributed by atoms with Gasteiger partial charge in [-0.3, -0.25) is 10.9 Å². The van der Waals surface area contributed by atoms with Crippen molar-refractivity contribution in [2.75, 3.05) is 52.4 Å². The number of nitrogens with one attached hydrogen (secondary N) is 4. The highest BCUT2D eigenvalue weighted by Crippen LogP contribution is 1.70. The molecule has 0 unspecified atom stereocenters. The molecule has 6 heteroatoms. The SMILES string of the molecule is NCCNCCCNNCCNCCN. The molecule has 0 aliphatic heterocycles. The van der Waals surface area contributed by atoms with Gasteiger partial charge in [0.25, 0.3) is 0 Å². The van der Waals surface area contributed by atoms with E-state index in [1.165, 1.54) is 0 Å². The molecule has 0 saturated carbocycles. The number of rotatable bonds is 12. The lowest BCUT2D eigenvalue weighted by atomic mass is 10.4. The summed E-state index contributed by atoms with van der Waals surface area (Å²) in [6.07, 6.45) is 1.10. The Labute approximate surface area is 92.5 Å². The summed E-state index contributed by atoms with van der Waals surface area (Å²) in [4.78, 5) is 0. The van der Waals surface area contributed by atoms with Crippen molar-refractivity contribution in [2.45, 2.75) is 6.42 Å². The molecule has 0 radical (unpaired) electrons. The first kappa shape index (κ1) is 14.8. The van der Waals surface area contributed by atoms with Gasteiger partial charge in [-0.2, -0.15) is 0 Å². The maximum Gasteiger partial charge on any atom is 0.0225 e. The second-order valence-corrected chi connectivity index (χ2v) is 3.28. The molecule has 0 aliphatic rings. The summed E-state index contributed by atoms with van der Waals surface area (Å²) in [6, 6.07) is 0. The predicted molar refractivity (Wildman–Crippen MR) is 64.5 cm³/mol. The van der Waals surface area contributed by atoms with E-state index >= 15 is 0 Å². The minimum Gasteiger partial charge on any atom is -0.329 e. The van der Waals surface area contributed by atoms with Crippen molar-refractivity contribution >= 4 is 0 Å². The van der Waals surface area contributed by atoms with E-state index in [2.05, 4.69) is 21.5 Å². The van der Waals surface area contributed by atoms with Gasteiger partial charge in [-0.1, -0.05) is 0 Å². The minimum atomic E-state index is 0.695. The molecule has 0 atom stereocenters. The predicted octanol–water partition coefficient (Wildman–Crippen LogP) is -2.43. The maximum absolute atomic E-state index is 5.34. The summed E-state index contributed by atoms with van der Waals surface area (Å²) >= 11 is 0. The van der Waals surface area contributed by atoms with E-state index < -0.39 is 0 Å². The Morgan fingerprint density at radius 2 is 1.20 bits per heavy atom. The second-order valence-electron chi connectivity index (χ2n) is 3.28. The first-order valence-electron chi connectivity index (χ1n) is 5.69. The van der Waals surface area contributed by atoms with Crippen LogP contribution in [0.2, 0.25) is 0 Å². The van der Waals surface area contributed by atoms with Crippen LogP contribution in [0.5, 0.6) is 0 Å². The van der Waals surface area contributed by atoms with Crippen LogP contribution >= 0.6 is 0 Å². The van der Waals surface area contributed by atoms with E-state index in [0.717, 1.165) is 45.7 Å². The van der Waals surface area contributed by atoms with Crippen LogP contribution in [0.1, 0.15) is 6.42 Å². The molecule has 15 heavy (non-hydrogen) atoms. The minimum absolute atomic E-state index is 0.695. The number of nitrogens with two attached hydrogens (primary N) is 2. The molecule has 8 N–H and O–H groups in total. The Bertz CT molecular complexity index is 98.8. The molecule has 0 aromatic heterocycles. The normalized spacial score (nSPS) is 10.8. The van der Waals surface area contributed by atoms with E-state index in [-0.39, 0.29) is 0 Å². The zero-order valence-corrected chi connectivity index (χ0v) is 9.52.